The molecule has 0 spiro atoms. The third kappa shape index (κ3) is 4.98. The summed E-state index contributed by atoms with van der Waals surface area (Å²) in [6, 6.07) is 14.2. The Morgan fingerprint density at radius 3 is 2.64 bits per heavy atom. The number of hydrogen-bond acceptors (Lipinski definition) is 4. The first-order chi connectivity index (χ1) is 13.4. The van der Waals surface area contributed by atoms with Gasteiger partial charge in [0.05, 0.1) is 5.69 Å². The monoisotopic (exact) mass is 394 g/mol. The molecule has 0 fully saturated rings. The quantitative estimate of drug-likeness (QED) is 0.622. The molecule has 0 bridgehead atoms. The molecule has 0 aliphatic rings. The highest BCUT2D eigenvalue weighted by atomic mass is 32.1. The predicted octanol–water partition coefficient (Wildman–Crippen LogP) is 4.86. The van der Waals surface area contributed by atoms with Gasteiger partial charge < -0.3 is 10.1 Å². The largest absolute Gasteiger partial charge is 0.481 e. The minimum Gasteiger partial charge on any atom is -0.481 e. The van der Waals surface area contributed by atoms with E-state index >= 15 is 0 Å². The highest BCUT2D eigenvalue weighted by Crippen LogP contribution is 2.24. The number of thiazole rings is 1. The van der Waals surface area contributed by atoms with Gasteiger partial charge in [0.15, 0.2) is 6.10 Å². The highest BCUT2D eigenvalue weighted by molar-refractivity contribution is 7.13. The average Bonchev–Trinajstić information content (AvgIpc) is 3.14. The van der Waals surface area contributed by atoms with Gasteiger partial charge in [0.25, 0.3) is 5.91 Å². The molecule has 0 radical (unpaired) electrons. The standard InChI is InChI=1S/C23H26N2O2S/c1-15-8-10-19(11-9-15)23-25-20(14-28-23)12-13-24-22(26)18(4)27-21-7-5-6-16(2)17(21)3/h5-11,14,18H,12-13H2,1-4H3,(H,24,26). The summed E-state index contributed by atoms with van der Waals surface area (Å²) in [5, 5.41) is 6.00. The molecule has 1 aromatic heterocycles. The molecule has 4 nitrogen and oxygen atoms in total. The maximum absolute atomic E-state index is 12.3. The number of aromatic nitrogens is 1. The van der Waals surface area contributed by atoms with E-state index in [1.165, 1.54) is 5.56 Å². The van der Waals surface area contributed by atoms with Crippen molar-refractivity contribution in [1.29, 1.82) is 0 Å². The van der Waals surface area contributed by atoms with E-state index in [1.807, 2.05) is 32.0 Å². The Bertz CT molecular complexity index is 947. The molecule has 146 valence electrons. The molecule has 28 heavy (non-hydrogen) atoms. The zero-order valence-corrected chi connectivity index (χ0v) is 17.6. The minimum atomic E-state index is -0.543. The Kier molecular flexibility index (Phi) is 6.47. The van der Waals surface area contributed by atoms with Crippen LogP contribution in [0.1, 0.15) is 29.3 Å². The predicted molar refractivity (Wildman–Crippen MR) is 115 cm³/mol. The lowest BCUT2D eigenvalue weighted by Gasteiger charge is -2.17. The van der Waals surface area contributed by atoms with Gasteiger partial charge in [0.1, 0.15) is 10.8 Å². The lowest BCUT2D eigenvalue weighted by molar-refractivity contribution is -0.127. The van der Waals surface area contributed by atoms with Crippen molar-refractivity contribution < 1.29 is 9.53 Å². The number of aryl methyl sites for hydroxylation is 2. The van der Waals surface area contributed by atoms with Crippen LogP contribution < -0.4 is 10.1 Å². The maximum Gasteiger partial charge on any atom is 0.260 e. The molecular formula is C23H26N2O2S. The molecule has 0 aliphatic carbocycles. The first-order valence-electron chi connectivity index (χ1n) is 9.46. The van der Waals surface area contributed by atoms with Crippen LogP contribution in [0.15, 0.2) is 47.8 Å². The van der Waals surface area contributed by atoms with Gasteiger partial charge in [-0.2, -0.15) is 0 Å². The van der Waals surface area contributed by atoms with E-state index in [-0.39, 0.29) is 5.91 Å². The van der Waals surface area contributed by atoms with Crippen molar-refractivity contribution >= 4 is 17.2 Å². The lowest BCUT2D eigenvalue weighted by atomic mass is 10.1. The summed E-state index contributed by atoms with van der Waals surface area (Å²) < 4.78 is 5.84. The Morgan fingerprint density at radius 1 is 1.14 bits per heavy atom. The molecule has 2 aromatic carbocycles. The van der Waals surface area contributed by atoms with Crippen LogP contribution >= 0.6 is 11.3 Å². The molecule has 0 saturated heterocycles. The van der Waals surface area contributed by atoms with Gasteiger partial charge in [-0.05, 0) is 44.9 Å². The van der Waals surface area contributed by atoms with Crippen molar-refractivity contribution in [2.24, 2.45) is 0 Å². The molecule has 1 N–H and O–H groups in total. The topological polar surface area (TPSA) is 51.2 Å². The normalized spacial score (nSPS) is 11.9. The fourth-order valence-electron chi connectivity index (χ4n) is 2.80. The number of nitrogens with one attached hydrogen (secondary N) is 1. The summed E-state index contributed by atoms with van der Waals surface area (Å²) in [6.45, 7) is 8.42. The summed E-state index contributed by atoms with van der Waals surface area (Å²) in [6.07, 6.45) is 0.156. The van der Waals surface area contributed by atoms with Crippen molar-refractivity contribution in [3.63, 3.8) is 0 Å². The van der Waals surface area contributed by atoms with Crippen molar-refractivity contribution in [1.82, 2.24) is 10.3 Å². The summed E-state index contributed by atoms with van der Waals surface area (Å²) in [7, 11) is 0. The third-order valence-electron chi connectivity index (χ3n) is 4.76. The van der Waals surface area contributed by atoms with E-state index in [4.69, 9.17) is 4.74 Å². The van der Waals surface area contributed by atoms with Gasteiger partial charge in [0.2, 0.25) is 0 Å². The number of ether oxygens (including phenoxy) is 1. The molecule has 5 heteroatoms. The van der Waals surface area contributed by atoms with Crippen molar-refractivity contribution in [3.8, 4) is 16.3 Å². The zero-order chi connectivity index (χ0) is 20.1. The molecular weight excluding hydrogens is 368 g/mol. The van der Waals surface area contributed by atoms with Gasteiger partial charge in [-0.1, -0.05) is 42.0 Å². The second kappa shape index (κ2) is 9.02. The number of benzene rings is 2. The highest BCUT2D eigenvalue weighted by Gasteiger charge is 2.16. The minimum absolute atomic E-state index is 0.116. The molecule has 0 aliphatic heterocycles. The Morgan fingerprint density at radius 2 is 1.89 bits per heavy atom. The summed E-state index contributed by atoms with van der Waals surface area (Å²) in [5.41, 5.74) is 5.57. The van der Waals surface area contributed by atoms with Gasteiger partial charge in [0, 0.05) is 23.9 Å². The number of carbonyl (C=O) groups excluding carboxylic acids is 1. The van der Waals surface area contributed by atoms with E-state index < -0.39 is 6.10 Å². The van der Waals surface area contributed by atoms with E-state index in [9.17, 15) is 4.79 Å². The van der Waals surface area contributed by atoms with Crippen molar-refractivity contribution in [2.75, 3.05) is 6.54 Å². The van der Waals surface area contributed by atoms with Crippen LogP contribution in [0.3, 0.4) is 0 Å². The fourth-order valence-corrected chi connectivity index (χ4v) is 3.66. The average molecular weight is 395 g/mol. The van der Waals surface area contributed by atoms with E-state index in [1.54, 1.807) is 18.3 Å². The van der Waals surface area contributed by atoms with Crippen LogP contribution in [0.25, 0.3) is 10.6 Å². The van der Waals surface area contributed by atoms with Crippen LogP contribution in [0.2, 0.25) is 0 Å². The molecule has 3 rings (SSSR count). The van der Waals surface area contributed by atoms with E-state index in [0.717, 1.165) is 33.1 Å². The van der Waals surface area contributed by atoms with Gasteiger partial charge in [-0.25, -0.2) is 4.98 Å². The summed E-state index contributed by atoms with van der Waals surface area (Å²) >= 11 is 1.63. The first-order valence-corrected chi connectivity index (χ1v) is 10.3. The van der Waals surface area contributed by atoms with E-state index in [2.05, 4.69) is 46.9 Å². The van der Waals surface area contributed by atoms with Crippen LogP contribution in [0.5, 0.6) is 5.75 Å². The number of nitrogens with zero attached hydrogens (tertiary/aromatic N) is 1. The summed E-state index contributed by atoms with van der Waals surface area (Å²) in [4.78, 5) is 17.0. The number of amides is 1. The smallest absolute Gasteiger partial charge is 0.260 e. The molecule has 0 saturated carbocycles. The van der Waals surface area contributed by atoms with Crippen LogP contribution in [-0.4, -0.2) is 23.5 Å². The summed E-state index contributed by atoms with van der Waals surface area (Å²) in [5.74, 6) is 0.639. The van der Waals surface area contributed by atoms with Crippen molar-refractivity contribution in [3.05, 3.63) is 70.2 Å². The number of hydrogen-bond donors (Lipinski definition) is 1. The fraction of sp³-hybridized carbons (Fsp3) is 0.304. The van der Waals surface area contributed by atoms with Crippen molar-refractivity contribution in [2.45, 2.75) is 40.2 Å². The lowest BCUT2D eigenvalue weighted by Crippen LogP contribution is -2.37. The van der Waals surface area contributed by atoms with Crippen LogP contribution in [0.4, 0.5) is 0 Å². The Hall–Kier alpha value is -2.66. The second-order valence-corrected chi connectivity index (χ2v) is 7.87. The van der Waals surface area contributed by atoms with Crippen LogP contribution in [-0.2, 0) is 11.2 Å². The maximum atomic E-state index is 12.3. The Balaban J connectivity index is 1.50. The number of carbonyl (C=O) groups is 1. The van der Waals surface area contributed by atoms with E-state index in [0.29, 0.717) is 13.0 Å². The SMILES string of the molecule is Cc1ccc(-c2nc(CCNC(=O)C(C)Oc3cccc(C)c3C)cs2)cc1. The molecule has 1 amide bonds. The third-order valence-corrected chi connectivity index (χ3v) is 5.70. The molecule has 1 atom stereocenters. The second-order valence-electron chi connectivity index (χ2n) is 7.01. The molecule has 1 unspecified atom stereocenters. The van der Waals surface area contributed by atoms with Crippen LogP contribution in [0, 0.1) is 20.8 Å². The molecule has 3 aromatic rings. The first kappa shape index (κ1) is 20.1. The zero-order valence-electron chi connectivity index (χ0n) is 16.8. The van der Waals surface area contributed by atoms with Gasteiger partial charge >= 0.3 is 0 Å². The number of rotatable bonds is 7. The van der Waals surface area contributed by atoms with Gasteiger partial charge in [-0.3, -0.25) is 4.79 Å². The Labute approximate surface area is 170 Å². The molecule has 1 heterocycles. The van der Waals surface area contributed by atoms with Gasteiger partial charge in [-0.15, -0.1) is 11.3 Å².